The van der Waals surface area contributed by atoms with E-state index in [4.69, 9.17) is 0 Å². The summed E-state index contributed by atoms with van der Waals surface area (Å²) in [6, 6.07) is 5.05. The molecule has 2 rings (SSSR count). The predicted molar refractivity (Wildman–Crippen MR) is 73.6 cm³/mol. The minimum absolute atomic E-state index is 0.0410. The first kappa shape index (κ1) is 13.3. The van der Waals surface area contributed by atoms with Crippen LogP contribution in [-0.2, 0) is 10.0 Å². The maximum atomic E-state index is 12.3. The average Bonchev–Trinajstić information content (AvgIpc) is 2.41. The van der Waals surface area contributed by atoms with E-state index in [9.17, 15) is 8.42 Å². The summed E-state index contributed by atoms with van der Waals surface area (Å²) in [5, 5.41) is 2.76. The number of aromatic nitrogens is 2. The molecule has 19 heavy (non-hydrogen) atoms. The van der Waals surface area contributed by atoms with Crippen molar-refractivity contribution in [1.29, 1.82) is 0 Å². The van der Waals surface area contributed by atoms with E-state index in [0.29, 0.717) is 11.4 Å². The van der Waals surface area contributed by atoms with Gasteiger partial charge in [0, 0.05) is 19.4 Å². The van der Waals surface area contributed by atoms with Crippen molar-refractivity contribution in [3.63, 3.8) is 0 Å². The molecule has 7 heteroatoms. The molecule has 2 aromatic rings. The summed E-state index contributed by atoms with van der Waals surface area (Å²) in [7, 11) is -2.10. The van der Waals surface area contributed by atoms with Crippen LogP contribution in [0.4, 0.5) is 11.4 Å². The van der Waals surface area contributed by atoms with Gasteiger partial charge in [0.25, 0.3) is 10.0 Å². The zero-order valence-electron chi connectivity index (χ0n) is 10.6. The fraction of sp³-hybridized carbons (Fsp3) is 0.167. The van der Waals surface area contributed by atoms with Crippen LogP contribution in [0.1, 0.15) is 5.56 Å². The van der Waals surface area contributed by atoms with Crippen LogP contribution in [-0.4, -0.2) is 25.4 Å². The third-order valence-electron chi connectivity index (χ3n) is 2.58. The number of nitrogens with one attached hydrogen (secondary N) is 2. The van der Waals surface area contributed by atoms with Crippen LogP contribution in [0.15, 0.2) is 41.8 Å². The monoisotopic (exact) mass is 278 g/mol. The third kappa shape index (κ3) is 2.82. The van der Waals surface area contributed by atoms with Gasteiger partial charge in [-0.25, -0.2) is 4.98 Å². The number of rotatable bonds is 4. The molecule has 2 N–H and O–H groups in total. The molecule has 0 aliphatic rings. The summed E-state index contributed by atoms with van der Waals surface area (Å²) in [6.07, 6.45) is 4.51. The van der Waals surface area contributed by atoms with Gasteiger partial charge in [-0.15, -0.1) is 0 Å². The molecular formula is C12H14N4O2S. The molecule has 0 bridgehead atoms. The molecule has 0 saturated heterocycles. The minimum Gasteiger partial charge on any atom is -0.386 e. The van der Waals surface area contributed by atoms with Crippen LogP contribution in [0.2, 0.25) is 0 Å². The molecule has 0 radical (unpaired) electrons. The van der Waals surface area contributed by atoms with Crippen LogP contribution in [0, 0.1) is 6.92 Å². The van der Waals surface area contributed by atoms with E-state index in [1.165, 1.54) is 12.4 Å². The molecule has 2 aromatic heterocycles. The average molecular weight is 278 g/mol. The van der Waals surface area contributed by atoms with Crippen molar-refractivity contribution in [1.82, 2.24) is 9.97 Å². The summed E-state index contributed by atoms with van der Waals surface area (Å²) >= 11 is 0. The van der Waals surface area contributed by atoms with Crippen LogP contribution >= 0.6 is 0 Å². The van der Waals surface area contributed by atoms with Gasteiger partial charge in [0.2, 0.25) is 0 Å². The predicted octanol–water partition coefficient (Wildman–Crippen LogP) is 1.63. The standard InChI is InChI=1S/C12H14N4O2S/c1-9-5-7-14-8-11(9)16-19(17,18)12-10(13-2)4-3-6-15-12/h3-8,13,16H,1-2H3. The molecule has 100 valence electrons. The van der Waals surface area contributed by atoms with Gasteiger partial charge in [-0.2, -0.15) is 8.42 Å². The van der Waals surface area contributed by atoms with E-state index >= 15 is 0 Å². The van der Waals surface area contributed by atoms with Crippen LogP contribution in [0.25, 0.3) is 0 Å². The molecule has 2 heterocycles. The molecular weight excluding hydrogens is 264 g/mol. The third-order valence-corrected chi connectivity index (χ3v) is 3.90. The Kier molecular flexibility index (Phi) is 3.66. The highest BCUT2D eigenvalue weighted by atomic mass is 32.2. The van der Waals surface area contributed by atoms with E-state index in [1.807, 2.05) is 0 Å². The second kappa shape index (κ2) is 5.23. The van der Waals surface area contributed by atoms with Gasteiger partial charge < -0.3 is 5.32 Å². The second-order valence-electron chi connectivity index (χ2n) is 3.90. The van der Waals surface area contributed by atoms with E-state index in [0.717, 1.165) is 5.56 Å². The van der Waals surface area contributed by atoms with Crippen molar-refractivity contribution in [3.8, 4) is 0 Å². The van der Waals surface area contributed by atoms with Gasteiger partial charge in [-0.05, 0) is 30.7 Å². The summed E-state index contributed by atoms with van der Waals surface area (Å²) in [5.41, 5.74) is 1.67. The quantitative estimate of drug-likeness (QED) is 0.888. The Hall–Kier alpha value is -2.15. The van der Waals surface area contributed by atoms with E-state index in [-0.39, 0.29) is 5.03 Å². The number of hydrogen-bond donors (Lipinski definition) is 2. The summed E-state index contributed by atoms with van der Waals surface area (Å²) < 4.78 is 27.1. The second-order valence-corrected chi connectivity index (χ2v) is 5.50. The van der Waals surface area contributed by atoms with Gasteiger partial charge in [0.1, 0.15) is 0 Å². The lowest BCUT2D eigenvalue weighted by Crippen LogP contribution is -2.17. The Morgan fingerprint density at radius 2 is 1.95 bits per heavy atom. The Morgan fingerprint density at radius 3 is 2.63 bits per heavy atom. The van der Waals surface area contributed by atoms with Crippen molar-refractivity contribution in [2.24, 2.45) is 0 Å². The molecule has 0 atom stereocenters. The van der Waals surface area contributed by atoms with Crippen LogP contribution in [0.3, 0.4) is 0 Å². The van der Waals surface area contributed by atoms with Crippen molar-refractivity contribution < 1.29 is 8.42 Å². The topological polar surface area (TPSA) is 84.0 Å². The lowest BCUT2D eigenvalue weighted by atomic mass is 10.3. The lowest BCUT2D eigenvalue weighted by Gasteiger charge is -2.11. The van der Waals surface area contributed by atoms with Gasteiger partial charge >= 0.3 is 0 Å². The number of anilines is 2. The largest absolute Gasteiger partial charge is 0.386 e. The van der Waals surface area contributed by atoms with Crippen LogP contribution < -0.4 is 10.0 Å². The van der Waals surface area contributed by atoms with Crippen molar-refractivity contribution in [3.05, 3.63) is 42.4 Å². The number of pyridine rings is 2. The zero-order valence-corrected chi connectivity index (χ0v) is 11.4. The van der Waals surface area contributed by atoms with Gasteiger partial charge in [-0.1, -0.05) is 0 Å². The van der Waals surface area contributed by atoms with Crippen molar-refractivity contribution >= 4 is 21.4 Å². The van der Waals surface area contributed by atoms with E-state index in [2.05, 4.69) is 20.0 Å². The van der Waals surface area contributed by atoms with Crippen molar-refractivity contribution in [2.45, 2.75) is 11.9 Å². The Morgan fingerprint density at radius 1 is 1.16 bits per heavy atom. The molecule has 6 nitrogen and oxygen atoms in total. The number of hydrogen-bond acceptors (Lipinski definition) is 5. The first-order valence-corrected chi connectivity index (χ1v) is 7.09. The highest BCUT2D eigenvalue weighted by Gasteiger charge is 2.20. The minimum atomic E-state index is -3.74. The van der Waals surface area contributed by atoms with Gasteiger partial charge in [0.15, 0.2) is 5.03 Å². The summed E-state index contributed by atoms with van der Waals surface area (Å²) in [4.78, 5) is 7.82. The normalized spacial score (nSPS) is 11.1. The highest BCUT2D eigenvalue weighted by Crippen LogP contribution is 2.21. The van der Waals surface area contributed by atoms with Crippen LogP contribution in [0.5, 0.6) is 0 Å². The fourth-order valence-electron chi connectivity index (χ4n) is 1.56. The number of aryl methyl sites for hydroxylation is 1. The Bertz CT molecular complexity index is 686. The first-order chi connectivity index (χ1) is 9.04. The molecule has 0 aromatic carbocycles. The Labute approximate surface area is 112 Å². The molecule has 0 saturated carbocycles. The van der Waals surface area contributed by atoms with Gasteiger partial charge in [-0.3, -0.25) is 9.71 Å². The fourth-order valence-corrected chi connectivity index (χ4v) is 2.82. The molecule has 0 fully saturated rings. The molecule has 0 unspecified atom stereocenters. The maximum Gasteiger partial charge on any atom is 0.281 e. The molecule has 0 aliphatic carbocycles. The first-order valence-electron chi connectivity index (χ1n) is 5.61. The smallest absolute Gasteiger partial charge is 0.281 e. The summed E-state index contributed by atoms with van der Waals surface area (Å²) in [6.45, 7) is 1.80. The molecule has 0 aliphatic heterocycles. The van der Waals surface area contributed by atoms with E-state index in [1.54, 1.807) is 38.4 Å². The number of sulfonamides is 1. The molecule has 0 spiro atoms. The lowest BCUT2D eigenvalue weighted by molar-refractivity contribution is 0.598. The van der Waals surface area contributed by atoms with Gasteiger partial charge in [0.05, 0.1) is 17.6 Å². The maximum absolute atomic E-state index is 12.3. The SMILES string of the molecule is CNc1cccnc1S(=O)(=O)Nc1cnccc1C. The highest BCUT2D eigenvalue weighted by molar-refractivity contribution is 7.92. The summed E-state index contributed by atoms with van der Waals surface area (Å²) in [5.74, 6) is 0. The zero-order chi connectivity index (χ0) is 13.9. The Balaban J connectivity index is 2.41. The number of nitrogens with zero attached hydrogens (tertiary/aromatic N) is 2. The molecule has 0 amide bonds. The van der Waals surface area contributed by atoms with Crippen molar-refractivity contribution in [2.75, 3.05) is 17.1 Å². The van der Waals surface area contributed by atoms with E-state index < -0.39 is 10.0 Å².